The minimum absolute atomic E-state index is 0.0611. The fourth-order valence-corrected chi connectivity index (χ4v) is 8.70. The Balaban J connectivity index is 1.08. The molecule has 0 bridgehead atoms. The molecule has 1 fully saturated rings. The third kappa shape index (κ3) is 7.64. The van der Waals surface area contributed by atoms with Crippen LogP contribution in [0.1, 0.15) is 46.8 Å². The maximum atomic E-state index is 14.1. The van der Waals surface area contributed by atoms with Gasteiger partial charge in [-0.25, -0.2) is 9.37 Å². The quantitative estimate of drug-likeness (QED) is 0.0645. The molecule has 1 atom stereocenters. The molecule has 1 saturated heterocycles. The van der Waals surface area contributed by atoms with Crippen molar-refractivity contribution >= 4 is 29.6 Å². The van der Waals surface area contributed by atoms with Crippen molar-refractivity contribution in [3.05, 3.63) is 186 Å². The lowest BCUT2D eigenvalue weighted by Gasteiger charge is -2.36. The Bertz CT molecular complexity index is 1990. The zero-order valence-electron chi connectivity index (χ0n) is 28.9. The van der Waals surface area contributed by atoms with E-state index in [0.29, 0.717) is 38.9 Å². The molecule has 1 unspecified atom stereocenters. The Morgan fingerprint density at radius 3 is 2.06 bits per heavy atom. The molecule has 0 radical (unpaired) electrons. The number of carbonyl (C=O) groups is 2. The molecule has 0 spiro atoms. The first-order valence-electron chi connectivity index (χ1n) is 17.7. The first-order valence-corrected chi connectivity index (χ1v) is 18.5. The van der Waals surface area contributed by atoms with Crippen molar-refractivity contribution in [2.45, 2.75) is 34.9 Å². The van der Waals surface area contributed by atoms with Crippen molar-refractivity contribution in [3.8, 4) is 0 Å². The van der Waals surface area contributed by atoms with Gasteiger partial charge in [0.2, 0.25) is 5.91 Å². The Hall–Kier alpha value is -5.31. The van der Waals surface area contributed by atoms with Gasteiger partial charge in [-0.2, -0.15) is 0 Å². The highest BCUT2D eigenvalue weighted by atomic mass is 32.2. The summed E-state index contributed by atoms with van der Waals surface area (Å²) in [5.41, 5.74) is 6.22. The second kappa shape index (κ2) is 16.4. The van der Waals surface area contributed by atoms with Gasteiger partial charge in [0.1, 0.15) is 12.1 Å². The molecule has 1 aromatic heterocycles. The van der Waals surface area contributed by atoms with Gasteiger partial charge in [-0.15, -0.1) is 11.8 Å². The summed E-state index contributed by atoms with van der Waals surface area (Å²) in [6, 6.07) is 46.5. The SMILES string of the molecule is O=CCCC(c1cccc(F)c1)n1cncc1CCN1CCN(c2cccc(SC(c3ccccc3)(c3ccccc3)c3ccccc3)c2)C(=O)C1. The van der Waals surface area contributed by atoms with Crippen LogP contribution in [-0.2, 0) is 20.8 Å². The van der Waals surface area contributed by atoms with E-state index in [2.05, 4.69) is 113 Å². The van der Waals surface area contributed by atoms with Crippen molar-refractivity contribution in [2.75, 3.05) is 31.1 Å². The number of rotatable bonds is 14. The average Bonchev–Trinajstić information content (AvgIpc) is 3.66. The molecular weight excluding hydrogens is 668 g/mol. The topological polar surface area (TPSA) is 58.4 Å². The van der Waals surface area contributed by atoms with Crippen LogP contribution in [0, 0.1) is 5.82 Å². The zero-order chi connectivity index (χ0) is 35.8. The van der Waals surface area contributed by atoms with E-state index >= 15 is 0 Å². The fraction of sp³-hybridized carbons (Fsp3) is 0.205. The van der Waals surface area contributed by atoms with Crippen LogP contribution in [0.5, 0.6) is 0 Å². The Morgan fingerprint density at radius 1 is 0.788 bits per heavy atom. The summed E-state index contributed by atoms with van der Waals surface area (Å²) in [7, 11) is 0. The number of thioether (sulfide) groups is 1. The predicted molar refractivity (Wildman–Crippen MR) is 206 cm³/mol. The molecule has 5 aromatic carbocycles. The Morgan fingerprint density at radius 2 is 1.44 bits per heavy atom. The normalized spacial score (nSPS) is 14.3. The number of benzene rings is 5. The third-order valence-corrected chi connectivity index (χ3v) is 11.3. The number of aldehydes is 1. The minimum Gasteiger partial charge on any atom is -0.327 e. The number of hydrogen-bond acceptors (Lipinski definition) is 5. The summed E-state index contributed by atoms with van der Waals surface area (Å²) in [6.45, 7) is 2.31. The molecule has 6 aromatic rings. The summed E-state index contributed by atoms with van der Waals surface area (Å²) in [6.07, 6.45) is 6.07. The second-order valence-corrected chi connectivity index (χ2v) is 14.3. The van der Waals surface area contributed by atoms with E-state index in [0.717, 1.165) is 34.7 Å². The molecule has 0 N–H and O–H groups in total. The van der Waals surface area contributed by atoms with Crippen LogP contribution in [0.2, 0.25) is 0 Å². The summed E-state index contributed by atoms with van der Waals surface area (Å²) >= 11 is 1.79. The van der Waals surface area contributed by atoms with Gasteiger partial charge >= 0.3 is 0 Å². The molecule has 7 rings (SSSR count). The van der Waals surface area contributed by atoms with Crippen LogP contribution in [0.15, 0.2) is 157 Å². The number of halogens is 1. The van der Waals surface area contributed by atoms with E-state index in [-0.39, 0.29) is 17.8 Å². The smallest absolute Gasteiger partial charge is 0.241 e. The first kappa shape index (κ1) is 35.1. The largest absolute Gasteiger partial charge is 0.327 e. The number of anilines is 1. The van der Waals surface area contributed by atoms with E-state index < -0.39 is 4.75 Å². The number of piperazine rings is 1. The summed E-state index contributed by atoms with van der Waals surface area (Å²) < 4.78 is 15.7. The Kier molecular flexibility index (Phi) is 11.0. The van der Waals surface area contributed by atoms with Crippen LogP contribution in [0.4, 0.5) is 10.1 Å². The first-order chi connectivity index (χ1) is 25.5. The number of carbonyl (C=O) groups excluding carboxylic acids is 2. The molecular formula is C44H41FN4O2S. The summed E-state index contributed by atoms with van der Waals surface area (Å²) in [4.78, 5) is 34.6. The number of aromatic nitrogens is 2. The third-order valence-electron chi connectivity index (χ3n) is 9.80. The van der Waals surface area contributed by atoms with Crippen LogP contribution in [-0.4, -0.2) is 52.8 Å². The molecule has 6 nitrogen and oxygen atoms in total. The molecule has 1 aliphatic heterocycles. The summed E-state index contributed by atoms with van der Waals surface area (Å²) in [5.74, 6) is -0.246. The number of nitrogens with zero attached hydrogens (tertiary/aromatic N) is 4. The maximum Gasteiger partial charge on any atom is 0.241 e. The average molecular weight is 709 g/mol. The summed E-state index contributed by atoms with van der Waals surface area (Å²) in [5, 5.41) is 0. The molecule has 8 heteroatoms. The van der Waals surface area contributed by atoms with Crippen molar-refractivity contribution in [2.24, 2.45) is 0 Å². The van der Waals surface area contributed by atoms with Crippen LogP contribution in [0.25, 0.3) is 0 Å². The van der Waals surface area contributed by atoms with Gasteiger partial charge < -0.3 is 14.3 Å². The second-order valence-electron chi connectivity index (χ2n) is 13.1. The van der Waals surface area contributed by atoms with E-state index in [4.69, 9.17) is 0 Å². The highest BCUT2D eigenvalue weighted by Gasteiger charge is 2.38. The van der Waals surface area contributed by atoms with Gasteiger partial charge in [-0.05, 0) is 59.0 Å². The van der Waals surface area contributed by atoms with E-state index in [1.165, 1.54) is 28.8 Å². The molecule has 262 valence electrons. The van der Waals surface area contributed by atoms with E-state index in [1.54, 1.807) is 24.2 Å². The monoisotopic (exact) mass is 708 g/mol. The van der Waals surface area contributed by atoms with Gasteiger partial charge in [-0.1, -0.05) is 109 Å². The molecule has 1 aliphatic rings. The van der Waals surface area contributed by atoms with E-state index in [1.807, 2.05) is 33.9 Å². The molecule has 0 aliphatic carbocycles. The predicted octanol–water partition coefficient (Wildman–Crippen LogP) is 8.57. The number of hydrogen-bond donors (Lipinski definition) is 0. The van der Waals surface area contributed by atoms with Gasteiger partial charge in [0.15, 0.2) is 0 Å². The molecule has 52 heavy (non-hydrogen) atoms. The van der Waals surface area contributed by atoms with Gasteiger partial charge in [0.05, 0.1) is 23.7 Å². The number of amides is 1. The molecule has 2 heterocycles. The lowest BCUT2D eigenvalue weighted by Crippen LogP contribution is -2.51. The Labute approximate surface area is 308 Å². The minimum atomic E-state index is -0.515. The maximum absolute atomic E-state index is 14.1. The standard InChI is InChI=1S/C44H41FN4O2S/c45-38-20-10-13-34(29-38)42(23-12-28-50)49-33-46-31-40(49)24-25-47-26-27-48(43(51)32-47)39-21-11-22-41(30-39)52-44(35-14-4-1-5-15-35,36-16-6-2-7-17-36)37-18-8-3-9-19-37/h1-11,13-22,28-31,33,42H,12,23-27,32H2. The van der Waals surface area contributed by atoms with Gasteiger partial charge in [-0.3, -0.25) is 9.69 Å². The number of imidazole rings is 1. The van der Waals surface area contributed by atoms with Crippen LogP contribution >= 0.6 is 11.8 Å². The van der Waals surface area contributed by atoms with Crippen LogP contribution < -0.4 is 4.90 Å². The lowest BCUT2D eigenvalue weighted by molar-refractivity contribution is -0.121. The highest BCUT2D eigenvalue weighted by Crippen LogP contribution is 2.52. The van der Waals surface area contributed by atoms with Gasteiger partial charge in [0.25, 0.3) is 0 Å². The fourth-order valence-electron chi connectivity index (χ4n) is 7.26. The van der Waals surface area contributed by atoms with Crippen molar-refractivity contribution in [3.63, 3.8) is 0 Å². The van der Waals surface area contributed by atoms with Crippen molar-refractivity contribution < 1.29 is 14.0 Å². The van der Waals surface area contributed by atoms with Crippen molar-refractivity contribution in [1.29, 1.82) is 0 Å². The van der Waals surface area contributed by atoms with E-state index in [9.17, 15) is 14.0 Å². The molecule has 1 amide bonds. The van der Waals surface area contributed by atoms with Gasteiger partial charge in [0, 0.05) is 54.9 Å². The lowest BCUT2D eigenvalue weighted by atomic mass is 9.84. The highest BCUT2D eigenvalue weighted by molar-refractivity contribution is 8.00. The molecule has 0 saturated carbocycles. The van der Waals surface area contributed by atoms with Crippen molar-refractivity contribution in [1.82, 2.24) is 14.5 Å². The van der Waals surface area contributed by atoms with Crippen LogP contribution in [0.3, 0.4) is 0 Å². The zero-order valence-corrected chi connectivity index (χ0v) is 29.7.